The lowest BCUT2D eigenvalue weighted by molar-refractivity contribution is -0.384. The zero-order valence-electron chi connectivity index (χ0n) is 17.8. The summed E-state index contributed by atoms with van der Waals surface area (Å²) in [4.78, 5) is 10.3. The first-order valence-electron chi connectivity index (χ1n) is 9.96. The van der Waals surface area contributed by atoms with Crippen LogP contribution < -0.4 is 14.9 Å². The first-order chi connectivity index (χ1) is 16.2. The maximum atomic E-state index is 12.8. The van der Waals surface area contributed by atoms with Crippen LogP contribution in [0.2, 0.25) is 5.02 Å². The zero-order chi connectivity index (χ0) is 24.7. The van der Waals surface area contributed by atoms with Gasteiger partial charge in [-0.1, -0.05) is 23.7 Å². The minimum Gasteiger partial charge on any atom is -0.490 e. The molecule has 0 fully saturated rings. The summed E-state index contributed by atoms with van der Waals surface area (Å²) in [5.41, 5.74) is 1.86. The molecule has 0 aliphatic rings. The highest BCUT2D eigenvalue weighted by atomic mass is 35.5. The lowest BCUT2D eigenvalue weighted by Crippen LogP contribution is -2.06. The van der Waals surface area contributed by atoms with Gasteiger partial charge < -0.3 is 9.47 Å². The molecule has 0 saturated heterocycles. The van der Waals surface area contributed by atoms with E-state index in [0.717, 1.165) is 17.7 Å². The molecule has 0 atom stereocenters. The number of anilines is 1. The van der Waals surface area contributed by atoms with Crippen LogP contribution in [0.5, 0.6) is 11.5 Å². The summed E-state index contributed by atoms with van der Waals surface area (Å²) in [5, 5.41) is 15.7. The predicted molar refractivity (Wildman–Crippen MR) is 123 cm³/mol. The fraction of sp³-hybridized carbons (Fsp3) is 0.174. The summed E-state index contributed by atoms with van der Waals surface area (Å²) in [7, 11) is 0. The summed E-state index contributed by atoms with van der Waals surface area (Å²) in [6.45, 7) is 2.49. The molecule has 3 rings (SSSR count). The van der Waals surface area contributed by atoms with Crippen LogP contribution in [0, 0.1) is 10.1 Å². The Labute approximate surface area is 197 Å². The molecule has 1 N–H and O–H groups in total. The number of rotatable bonds is 9. The smallest absolute Gasteiger partial charge is 0.416 e. The number of nitrogens with zero attached hydrogens (tertiary/aromatic N) is 2. The maximum absolute atomic E-state index is 12.8. The van der Waals surface area contributed by atoms with Gasteiger partial charge in [0.2, 0.25) is 0 Å². The zero-order valence-corrected chi connectivity index (χ0v) is 18.6. The third kappa shape index (κ3) is 6.61. The van der Waals surface area contributed by atoms with E-state index in [2.05, 4.69) is 10.5 Å². The summed E-state index contributed by atoms with van der Waals surface area (Å²) < 4.78 is 50.0. The number of hydrogen-bond acceptors (Lipinski definition) is 6. The number of halogens is 4. The van der Waals surface area contributed by atoms with Gasteiger partial charge in [0.1, 0.15) is 12.3 Å². The van der Waals surface area contributed by atoms with Crippen LogP contribution >= 0.6 is 11.6 Å². The summed E-state index contributed by atoms with van der Waals surface area (Å²) >= 11 is 5.89. The molecular formula is C23H19ClF3N3O4. The molecule has 0 amide bonds. The van der Waals surface area contributed by atoms with E-state index in [1.165, 1.54) is 6.21 Å². The Bertz CT molecular complexity index is 1190. The summed E-state index contributed by atoms with van der Waals surface area (Å²) in [6.07, 6.45) is -3.34. The van der Waals surface area contributed by atoms with E-state index in [0.29, 0.717) is 41.4 Å². The highest BCUT2D eigenvalue weighted by Gasteiger charge is 2.33. The molecule has 0 radical (unpaired) electrons. The molecule has 3 aromatic carbocycles. The fourth-order valence-electron chi connectivity index (χ4n) is 2.86. The van der Waals surface area contributed by atoms with Gasteiger partial charge in [0.25, 0.3) is 5.69 Å². The van der Waals surface area contributed by atoms with Crippen molar-refractivity contribution in [1.82, 2.24) is 0 Å². The van der Waals surface area contributed by atoms with Crippen molar-refractivity contribution in [3.05, 3.63) is 92.5 Å². The molecule has 0 aliphatic heterocycles. The number of benzene rings is 3. The van der Waals surface area contributed by atoms with Gasteiger partial charge in [-0.15, -0.1) is 0 Å². The molecule has 3 aromatic rings. The minimum atomic E-state index is -4.69. The van der Waals surface area contributed by atoms with Crippen molar-refractivity contribution in [2.24, 2.45) is 5.10 Å². The highest BCUT2D eigenvalue weighted by Crippen LogP contribution is 2.35. The lowest BCUT2D eigenvalue weighted by atomic mass is 10.1. The molecule has 0 spiro atoms. The standard InChI is InChI=1S/C23H19ClF3N3O4/c1-2-33-22-11-16(5-10-21(22)34-14-15-3-7-18(24)8-4-15)13-28-29-19-9-6-17(23(25,26)27)12-20(19)30(31)32/h3-13,29H,2,14H2,1H3/b28-13-. The topological polar surface area (TPSA) is 86.0 Å². The molecular weight excluding hydrogens is 475 g/mol. The highest BCUT2D eigenvalue weighted by molar-refractivity contribution is 6.30. The summed E-state index contributed by atoms with van der Waals surface area (Å²) in [6, 6.07) is 14.4. The Morgan fingerprint density at radius 1 is 1.06 bits per heavy atom. The van der Waals surface area contributed by atoms with Crippen LogP contribution in [0.3, 0.4) is 0 Å². The van der Waals surface area contributed by atoms with Crippen LogP contribution in [0.15, 0.2) is 65.8 Å². The van der Waals surface area contributed by atoms with E-state index in [4.69, 9.17) is 21.1 Å². The van der Waals surface area contributed by atoms with E-state index in [-0.39, 0.29) is 5.69 Å². The number of nitro groups is 1. The maximum Gasteiger partial charge on any atom is 0.416 e. The number of alkyl halides is 3. The normalized spacial score (nSPS) is 11.4. The van der Waals surface area contributed by atoms with Gasteiger partial charge in [0.05, 0.1) is 23.3 Å². The predicted octanol–water partition coefficient (Wildman–Crippen LogP) is 6.69. The Hall–Kier alpha value is -3.79. The van der Waals surface area contributed by atoms with Crippen LogP contribution in [0.4, 0.5) is 24.5 Å². The van der Waals surface area contributed by atoms with Crippen LogP contribution in [0.25, 0.3) is 0 Å². The molecule has 0 bridgehead atoms. The number of nitrogens with one attached hydrogen (secondary N) is 1. The van der Waals surface area contributed by atoms with Crippen molar-refractivity contribution in [3.63, 3.8) is 0 Å². The van der Waals surface area contributed by atoms with Crippen molar-refractivity contribution in [2.75, 3.05) is 12.0 Å². The molecule has 7 nitrogen and oxygen atoms in total. The van der Waals surface area contributed by atoms with Crippen molar-refractivity contribution in [1.29, 1.82) is 0 Å². The first-order valence-corrected chi connectivity index (χ1v) is 10.3. The van der Waals surface area contributed by atoms with E-state index in [1.807, 2.05) is 19.1 Å². The molecule has 178 valence electrons. The minimum absolute atomic E-state index is 0.179. The quantitative estimate of drug-likeness (QED) is 0.204. The van der Waals surface area contributed by atoms with Gasteiger partial charge in [-0.3, -0.25) is 15.5 Å². The van der Waals surface area contributed by atoms with Crippen molar-refractivity contribution >= 4 is 29.2 Å². The van der Waals surface area contributed by atoms with Crippen LogP contribution in [-0.2, 0) is 12.8 Å². The second-order valence-electron chi connectivity index (χ2n) is 6.91. The second-order valence-corrected chi connectivity index (χ2v) is 7.35. The van der Waals surface area contributed by atoms with Crippen LogP contribution in [-0.4, -0.2) is 17.7 Å². The van der Waals surface area contributed by atoms with Crippen LogP contribution in [0.1, 0.15) is 23.6 Å². The van der Waals surface area contributed by atoms with Gasteiger partial charge >= 0.3 is 6.18 Å². The van der Waals surface area contributed by atoms with Gasteiger partial charge in [0, 0.05) is 11.1 Å². The second kappa shape index (κ2) is 10.9. The van der Waals surface area contributed by atoms with Gasteiger partial charge in [0.15, 0.2) is 11.5 Å². The Kier molecular flexibility index (Phi) is 7.95. The molecule has 0 heterocycles. The van der Waals surface area contributed by atoms with E-state index in [9.17, 15) is 23.3 Å². The third-order valence-electron chi connectivity index (χ3n) is 4.50. The van der Waals surface area contributed by atoms with Crippen molar-refractivity contribution < 1.29 is 27.6 Å². The molecule has 11 heteroatoms. The number of ether oxygens (including phenoxy) is 2. The van der Waals surface area contributed by atoms with Gasteiger partial charge in [-0.25, -0.2) is 0 Å². The van der Waals surface area contributed by atoms with E-state index >= 15 is 0 Å². The summed E-state index contributed by atoms with van der Waals surface area (Å²) in [5.74, 6) is 0.959. The van der Waals surface area contributed by atoms with Gasteiger partial charge in [-0.05, 0) is 60.5 Å². The van der Waals surface area contributed by atoms with E-state index < -0.39 is 22.4 Å². The van der Waals surface area contributed by atoms with Crippen molar-refractivity contribution in [2.45, 2.75) is 19.7 Å². The monoisotopic (exact) mass is 493 g/mol. The molecule has 0 saturated carbocycles. The van der Waals surface area contributed by atoms with E-state index in [1.54, 1.807) is 30.3 Å². The Morgan fingerprint density at radius 3 is 2.44 bits per heavy atom. The Balaban J connectivity index is 1.74. The average Bonchev–Trinajstić information content (AvgIpc) is 2.79. The molecule has 0 aromatic heterocycles. The Morgan fingerprint density at radius 2 is 1.79 bits per heavy atom. The van der Waals surface area contributed by atoms with Crippen molar-refractivity contribution in [3.8, 4) is 11.5 Å². The third-order valence-corrected chi connectivity index (χ3v) is 4.75. The average molecular weight is 494 g/mol. The lowest BCUT2D eigenvalue weighted by Gasteiger charge is -2.13. The number of hydrogen-bond donors (Lipinski definition) is 1. The number of nitro benzene ring substituents is 1. The molecule has 0 unspecified atom stereocenters. The SMILES string of the molecule is CCOc1cc(/C=N\Nc2ccc(C(F)(F)F)cc2[N+](=O)[O-])ccc1OCc1ccc(Cl)cc1. The number of hydrazone groups is 1. The fourth-order valence-corrected chi connectivity index (χ4v) is 2.99. The first kappa shape index (κ1) is 24.8. The molecule has 0 aliphatic carbocycles. The molecule has 34 heavy (non-hydrogen) atoms. The largest absolute Gasteiger partial charge is 0.490 e. The van der Waals surface area contributed by atoms with Gasteiger partial charge in [-0.2, -0.15) is 18.3 Å².